The highest BCUT2D eigenvalue weighted by Crippen LogP contribution is 2.35. The Morgan fingerprint density at radius 2 is 2.03 bits per heavy atom. The fourth-order valence-corrected chi connectivity index (χ4v) is 5.16. The van der Waals surface area contributed by atoms with Crippen LogP contribution in [0.5, 0.6) is 5.75 Å². The Labute approximate surface area is 183 Å². The molecule has 0 spiro atoms. The number of anilines is 1. The number of nitrogens with zero attached hydrogens (tertiary/aromatic N) is 3. The molecule has 1 amide bonds. The van der Waals surface area contributed by atoms with Gasteiger partial charge in [0.25, 0.3) is 5.91 Å². The van der Waals surface area contributed by atoms with Crippen LogP contribution in [0.25, 0.3) is 0 Å². The first-order valence-electron chi connectivity index (χ1n) is 9.58. The first-order valence-corrected chi connectivity index (χ1v) is 11.1. The van der Waals surface area contributed by atoms with E-state index >= 15 is 0 Å². The molecular formula is C20H21F2N5O4S. The zero-order valence-corrected chi connectivity index (χ0v) is 18.3. The van der Waals surface area contributed by atoms with E-state index in [-0.39, 0.29) is 35.1 Å². The van der Waals surface area contributed by atoms with Gasteiger partial charge in [-0.15, -0.1) is 0 Å². The van der Waals surface area contributed by atoms with Gasteiger partial charge in [-0.2, -0.15) is 0 Å². The number of benzene rings is 1. The second kappa shape index (κ2) is 7.71. The molecule has 12 heteroatoms. The van der Waals surface area contributed by atoms with E-state index in [1.165, 1.54) is 23.9 Å². The lowest BCUT2D eigenvalue weighted by Gasteiger charge is -2.27. The molecule has 0 fully saturated rings. The maximum atomic E-state index is 13.5. The molecule has 2 aromatic heterocycles. The molecule has 1 aliphatic heterocycles. The number of carbonyl (C=O) groups is 1. The third kappa shape index (κ3) is 3.98. The zero-order valence-electron chi connectivity index (χ0n) is 17.5. The molecule has 170 valence electrons. The average Bonchev–Trinajstić information content (AvgIpc) is 3.23. The van der Waals surface area contributed by atoms with Gasteiger partial charge in [0.1, 0.15) is 17.3 Å². The minimum atomic E-state index is -4.04. The summed E-state index contributed by atoms with van der Waals surface area (Å²) < 4.78 is 64.4. The molecule has 1 unspecified atom stereocenters. The van der Waals surface area contributed by atoms with E-state index in [2.05, 4.69) is 15.0 Å². The number of sulfonamides is 1. The Hall–Kier alpha value is -3.25. The topological polar surface area (TPSA) is 107 Å². The van der Waals surface area contributed by atoms with Crippen LogP contribution in [0, 0.1) is 11.6 Å². The minimum absolute atomic E-state index is 0.0121. The number of hydrogen-bond acceptors (Lipinski definition) is 5. The molecule has 0 aliphatic carbocycles. The number of ether oxygens (including phenoxy) is 1. The van der Waals surface area contributed by atoms with E-state index in [1.807, 2.05) is 0 Å². The van der Waals surface area contributed by atoms with Crippen molar-refractivity contribution in [1.29, 1.82) is 0 Å². The molecule has 0 bridgehead atoms. The lowest BCUT2D eigenvalue weighted by Crippen LogP contribution is -2.50. The van der Waals surface area contributed by atoms with Crippen LogP contribution in [-0.4, -0.2) is 40.6 Å². The molecule has 3 aromatic rings. The lowest BCUT2D eigenvalue weighted by atomic mass is 10.00. The van der Waals surface area contributed by atoms with Gasteiger partial charge in [-0.1, -0.05) is 0 Å². The molecule has 0 saturated carbocycles. The fraction of sp³-hybridized carbons (Fsp3) is 0.300. The number of rotatable bonds is 4. The quantitative estimate of drug-likeness (QED) is 0.613. The summed E-state index contributed by atoms with van der Waals surface area (Å²) in [7, 11) is -0.759. The third-order valence-electron chi connectivity index (χ3n) is 5.17. The molecule has 4 rings (SSSR count). The molecule has 0 radical (unpaired) electrons. The monoisotopic (exact) mass is 465 g/mol. The van der Waals surface area contributed by atoms with Gasteiger partial charge in [0.05, 0.1) is 5.54 Å². The summed E-state index contributed by atoms with van der Waals surface area (Å²) in [6.45, 7) is 1.62. The van der Waals surface area contributed by atoms with Crippen molar-refractivity contribution < 1.29 is 26.7 Å². The van der Waals surface area contributed by atoms with Gasteiger partial charge in [0, 0.05) is 50.9 Å². The smallest absolute Gasteiger partial charge is 0.276 e. The molecule has 1 aliphatic rings. The van der Waals surface area contributed by atoms with E-state index < -0.39 is 33.1 Å². The number of fused-ring (bicyclic) bond motifs is 1. The maximum Gasteiger partial charge on any atom is 0.276 e. The Morgan fingerprint density at radius 3 is 2.69 bits per heavy atom. The minimum Gasteiger partial charge on any atom is -0.488 e. The van der Waals surface area contributed by atoms with Crippen LogP contribution in [0.4, 0.5) is 14.5 Å². The van der Waals surface area contributed by atoms with Gasteiger partial charge < -0.3 is 19.2 Å². The van der Waals surface area contributed by atoms with Crippen molar-refractivity contribution in [3.63, 3.8) is 0 Å². The van der Waals surface area contributed by atoms with Gasteiger partial charge in [-0.25, -0.2) is 26.9 Å². The number of carbonyl (C=O) groups excluding carboxylic acids is 1. The Kier molecular flexibility index (Phi) is 5.29. The fourth-order valence-electron chi connectivity index (χ4n) is 3.58. The van der Waals surface area contributed by atoms with E-state index in [0.717, 1.165) is 12.1 Å². The summed E-state index contributed by atoms with van der Waals surface area (Å²) in [6, 6.07) is 2.91. The summed E-state index contributed by atoms with van der Waals surface area (Å²) >= 11 is 0. The van der Waals surface area contributed by atoms with Crippen LogP contribution in [0.2, 0.25) is 0 Å². The number of amides is 1. The predicted molar refractivity (Wildman–Crippen MR) is 111 cm³/mol. The van der Waals surface area contributed by atoms with Crippen molar-refractivity contribution in [2.45, 2.75) is 23.8 Å². The van der Waals surface area contributed by atoms with Crippen LogP contribution in [0.3, 0.4) is 0 Å². The van der Waals surface area contributed by atoms with E-state index in [1.54, 1.807) is 30.9 Å². The second-order valence-corrected chi connectivity index (χ2v) is 9.60. The van der Waals surface area contributed by atoms with E-state index in [4.69, 9.17) is 4.74 Å². The van der Waals surface area contributed by atoms with Crippen LogP contribution in [-0.2, 0) is 30.5 Å². The van der Waals surface area contributed by atoms with Gasteiger partial charge in [0.2, 0.25) is 10.0 Å². The summed E-state index contributed by atoms with van der Waals surface area (Å²) in [6.07, 6.45) is 4.88. The van der Waals surface area contributed by atoms with Gasteiger partial charge in [0.15, 0.2) is 23.1 Å². The maximum absolute atomic E-state index is 13.5. The highest BCUT2D eigenvalue weighted by atomic mass is 32.2. The Morgan fingerprint density at radius 1 is 1.28 bits per heavy atom. The van der Waals surface area contributed by atoms with Gasteiger partial charge >= 0.3 is 0 Å². The summed E-state index contributed by atoms with van der Waals surface area (Å²) in [5.74, 6) is -2.38. The largest absolute Gasteiger partial charge is 0.488 e. The van der Waals surface area contributed by atoms with Crippen molar-refractivity contribution >= 4 is 21.6 Å². The Bertz CT molecular complexity index is 1320. The average molecular weight is 465 g/mol. The Balaban J connectivity index is 1.66. The first-order chi connectivity index (χ1) is 15.0. The standard InChI is InChI=1S/C20H21F2N5O4S/c1-20(9-16-23-6-7-26(16)2)11-31-18-15(32(29,30)25-20)10-27(3)17(18)19(28)24-12-4-5-13(21)14(22)8-12/h4-8,10,25H,9,11H2,1-3H3,(H,24,28). The van der Waals surface area contributed by atoms with Crippen LogP contribution in [0.1, 0.15) is 23.2 Å². The predicted octanol–water partition coefficient (Wildman–Crippen LogP) is 1.96. The molecule has 0 saturated heterocycles. The van der Waals surface area contributed by atoms with E-state index in [0.29, 0.717) is 5.82 Å². The zero-order chi connectivity index (χ0) is 23.3. The molecule has 1 aromatic carbocycles. The van der Waals surface area contributed by atoms with Gasteiger partial charge in [-0.3, -0.25) is 4.79 Å². The summed E-state index contributed by atoms with van der Waals surface area (Å²) in [5, 5.41) is 2.44. The van der Waals surface area contributed by atoms with Crippen LogP contribution >= 0.6 is 0 Å². The second-order valence-electron chi connectivity index (χ2n) is 7.95. The van der Waals surface area contributed by atoms with Gasteiger partial charge in [-0.05, 0) is 19.1 Å². The molecule has 9 nitrogen and oxygen atoms in total. The van der Waals surface area contributed by atoms with Crippen LogP contribution in [0.15, 0.2) is 41.7 Å². The number of nitrogens with one attached hydrogen (secondary N) is 2. The SMILES string of the molecule is Cn1ccnc1CC1(C)COc2c(cn(C)c2C(=O)Nc2ccc(F)c(F)c2)S(=O)(=O)N1. The highest BCUT2D eigenvalue weighted by molar-refractivity contribution is 7.89. The first kappa shape index (κ1) is 22.0. The van der Waals surface area contributed by atoms with Crippen molar-refractivity contribution in [3.05, 3.63) is 59.9 Å². The third-order valence-corrected chi connectivity index (χ3v) is 6.80. The normalized spacial score (nSPS) is 19.7. The molecule has 3 heterocycles. The number of aromatic nitrogens is 3. The van der Waals surface area contributed by atoms with Crippen molar-refractivity contribution in [2.75, 3.05) is 11.9 Å². The summed E-state index contributed by atoms with van der Waals surface area (Å²) in [5.41, 5.74) is -1.09. The number of imidazole rings is 1. The van der Waals surface area contributed by atoms with Crippen molar-refractivity contribution in [3.8, 4) is 5.75 Å². The molecule has 2 N–H and O–H groups in total. The molecular weight excluding hydrogens is 444 g/mol. The van der Waals surface area contributed by atoms with Crippen LogP contribution < -0.4 is 14.8 Å². The molecule has 32 heavy (non-hydrogen) atoms. The number of halogens is 2. The van der Waals surface area contributed by atoms with Crippen molar-refractivity contribution in [2.24, 2.45) is 14.1 Å². The lowest BCUT2D eigenvalue weighted by molar-refractivity contribution is 0.101. The number of aryl methyl sites for hydroxylation is 2. The molecule has 1 atom stereocenters. The highest BCUT2D eigenvalue weighted by Gasteiger charge is 2.40. The van der Waals surface area contributed by atoms with Crippen molar-refractivity contribution in [1.82, 2.24) is 18.8 Å². The van der Waals surface area contributed by atoms with E-state index in [9.17, 15) is 22.0 Å². The number of hydrogen-bond donors (Lipinski definition) is 2. The summed E-state index contributed by atoms with van der Waals surface area (Å²) in [4.78, 5) is 16.9.